The lowest BCUT2D eigenvalue weighted by Crippen LogP contribution is -2.56. The average Bonchev–Trinajstić information content (AvgIpc) is 3.02. The van der Waals surface area contributed by atoms with Crippen LogP contribution >= 0.6 is 0 Å². The molecule has 6 rings (SSSR count). The number of hydrogen-bond donors (Lipinski definition) is 3. The monoisotopic (exact) mass is 622 g/mol. The number of piperazine rings is 1. The van der Waals surface area contributed by atoms with Crippen LogP contribution in [-0.2, 0) is 4.74 Å². The fraction of sp³-hybridized carbons (Fsp3) is 0.484. The molecule has 12 nitrogen and oxygen atoms in total. The van der Waals surface area contributed by atoms with Gasteiger partial charge in [-0.05, 0) is 42.5 Å². The fourth-order valence-corrected chi connectivity index (χ4v) is 5.82. The third-order valence-electron chi connectivity index (χ3n) is 8.43. The van der Waals surface area contributed by atoms with Crippen LogP contribution in [0.1, 0.15) is 12.0 Å². The van der Waals surface area contributed by atoms with Gasteiger partial charge in [0.15, 0.2) is 11.9 Å². The number of ether oxygens (including phenoxy) is 2. The number of likely N-dealkylation sites (tertiary alicyclic amines) is 1. The zero-order valence-electron chi connectivity index (χ0n) is 24.7. The number of alkyl halides is 2. The number of anilines is 3. The molecule has 3 N–H and O–H groups in total. The van der Waals surface area contributed by atoms with E-state index in [-0.39, 0.29) is 30.8 Å². The summed E-state index contributed by atoms with van der Waals surface area (Å²) in [4.78, 5) is 19.2. The zero-order valence-corrected chi connectivity index (χ0v) is 24.7. The molecule has 14 heteroatoms. The van der Waals surface area contributed by atoms with Crippen molar-refractivity contribution in [2.24, 2.45) is 0 Å². The summed E-state index contributed by atoms with van der Waals surface area (Å²) < 4.78 is 40.8. The van der Waals surface area contributed by atoms with Crippen molar-refractivity contribution in [1.29, 1.82) is 5.26 Å². The predicted octanol–water partition coefficient (Wildman–Crippen LogP) is 2.12. The van der Waals surface area contributed by atoms with Crippen LogP contribution in [0.15, 0.2) is 48.8 Å². The molecule has 3 aliphatic rings. The average molecular weight is 623 g/mol. The van der Waals surface area contributed by atoms with E-state index in [1.165, 1.54) is 23.4 Å². The molecule has 2 aromatic carbocycles. The molecule has 3 fully saturated rings. The Morgan fingerprint density at radius 2 is 1.87 bits per heavy atom. The molecule has 3 aliphatic heterocycles. The fourth-order valence-electron chi connectivity index (χ4n) is 5.82. The summed E-state index contributed by atoms with van der Waals surface area (Å²) in [6.45, 7) is 4.72. The van der Waals surface area contributed by atoms with Crippen molar-refractivity contribution in [3.8, 4) is 23.2 Å². The highest BCUT2D eigenvalue weighted by Gasteiger charge is 2.46. The van der Waals surface area contributed by atoms with E-state index in [0.29, 0.717) is 23.4 Å². The lowest BCUT2D eigenvalue weighted by molar-refractivity contribution is -0.144. The van der Waals surface area contributed by atoms with E-state index in [0.717, 1.165) is 50.8 Å². The summed E-state index contributed by atoms with van der Waals surface area (Å²) in [5.41, 5.74) is 2.54. The summed E-state index contributed by atoms with van der Waals surface area (Å²) in [5, 5.41) is 31.6. The van der Waals surface area contributed by atoms with Gasteiger partial charge in [0, 0.05) is 62.6 Å². The smallest absolute Gasteiger partial charge is 0.296 e. The van der Waals surface area contributed by atoms with Gasteiger partial charge in [-0.2, -0.15) is 10.2 Å². The molecule has 4 heterocycles. The minimum atomic E-state index is -3.22. The van der Waals surface area contributed by atoms with Crippen LogP contribution in [-0.4, -0.2) is 125 Å². The molecule has 1 aromatic heterocycles. The lowest BCUT2D eigenvalue weighted by atomic mass is 10.0. The molecule has 238 valence electrons. The molecule has 2 atom stereocenters. The topological polar surface area (TPSA) is 143 Å². The first-order chi connectivity index (χ1) is 21.8. The SMILES string of the molecule is N#Cc1cc(-c2ncnc(Nc3ccc(N4CCN(C5COC5)CC4)cc3)n2)ccc1O[C@H]1CCN(C[C@@H](O)CO)CC1(F)F. The highest BCUT2D eigenvalue weighted by atomic mass is 19.3. The number of rotatable bonds is 10. The molecule has 45 heavy (non-hydrogen) atoms. The maximum absolute atomic E-state index is 14.9. The van der Waals surface area contributed by atoms with Crippen molar-refractivity contribution < 1.29 is 28.5 Å². The van der Waals surface area contributed by atoms with Crippen LogP contribution in [0.4, 0.5) is 26.1 Å². The Labute approximate surface area is 259 Å². The Hall–Kier alpha value is -4.00. The Morgan fingerprint density at radius 1 is 1.09 bits per heavy atom. The molecule has 0 radical (unpaired) electrons. The Bertz CT molecular complexity index is 1500. The molecule has 0 spiro atoms. The van der Waals surface area contributed by atoms with Gasteiger partial charge in [0.05, 0.1) is 44.1 Å². The number of β-amino-alcohol motifs (C(OH)–C–C–N with tert-alkyl or cyclic N) is 1. The van der Waals surface area contributed by atoms with Gasteiger partial charge in [0.25, 0.3) is 5.92 Å². The second kappa shape index (κ2) is 13.6. The molecular weight excluding hydrogens is 586 g/mol. The van der Waals surface area contributed by atoms with Crippen molar-refractivity contribution in [2.45, 2.75) is 30.6 Å². The predicted molar refractivity (Wildman–Crippen MR) is 162 cm³/mol. The van der Waals surface area contributed by atoms with Gasteiger partial charge in [-0.3, -0.25) is 9.80 Å². The number of nitrogens with one attached hydrogen (secondary N) is 1. The van der Waals surface area contributed by atoms with Crippen LogP contribution in [0.2, 0.25) is 0 Å². The summed E-state index contributed by atoms with van der Waals surface area (Å²) in [5.74, 6) is -2.55. The third-order valence-corrected chi connectivity index (χ3v) is 8.43. The molecule has 0 unspecified atom stereocenters. The minimum Gasteiger partial charge on any atom is -0.483 e. The van der Waals surface area contributed by atoms with Crippen molar-refractivity contribution in [3.05, 3.63) is 54.4 Å². The number of halogens is 2. The van der Waals surface area contributed by atoms with Crippen molar-refractivity contribution in [2.75, 3.05) is 75.9 Å². The quantitative estimate of drug-likeness (QED) is 0.305. The first-order valence-corrected chi connectivity index (χ1v) is 15.0. The summed E-state index contributed by atoms with van der Waals surface area (Å²) in [6, 6.07) is 15.3. The minimum absolute atomic E-state index is 0.00582. The van der Waals surface area contributed by atoms with Gasteiger partial charge in [0.1, 0.15) is 18.1 Å². The van der Waals surface area contributed by atoms with Gasteiger partial charge in [0.2, 0.25) is 5.95 Å². The van der Waals surface area contributed by atoms with E-state index >= 15 is 0 Å². The first-order valence-electron chi connectivity index (χ1n) is 15.0. The van der Waals surface area contributed by atoms with E-state index in [2.05, 4.69) is 42.2 Å². The number of benzene rings is 2. The van der Waals surface area contributed by atoms with Crippen LogP contribution in [0.3, 0.4) is 0 Å². The van der Waals surface area contributed by atoms with E-state index < -0.39 is 31.3 Å². The lowest BCUT2D eigenvalue weighted by Gasteiger charge is -2.43. The molecule has 0 aliphatic carbocycles. The number of piperidine rings is 1. The van der Waals surface area contributed by atoms with Crippen LogP contribution in [0.5, 0.6) is 5.75 Å². The number of aliphatic hydroxyl groups is 2. The summed E-state index contributed by atoms with van der Waals surface area (Å²) in [6.07, 6.45) is -1.17. The Kier molecular flexibility index (Phi) is 9.34. The summed E-state index contributed by atoms with van der Waals surface area (Å²) in [7, 11) is 0. The van der Waals surface area contributed by atoms with Crippen molar-refractivity contribution >= 4 is 17.3 Å². The van der Waals surface area contributed by atoms with Crippen LogP contribution < -0.4 is 15.0 Å². The molecule has 3 saturated heterocycles. The summed E-state index contributed by atoms with van der Waals surface area (Å²) >= 11 is 0. The second-order valence-corrected chi connectivity index (χ2v) is 11.6. The maximum atomic E-state index is 14.9. The highest BCUT2D eigenvalue weighted by Crippen LogP contribution is 2.34. The van der Waals surface area contributed by atoms with E-state index in [9.17, 15) is 19.1 Å². The normalized spacial score (nSPS) is 21.5. The molecule has 0 saturated carbocycles. The van der Waals surface area contributed by atoms with Gasteiger partial charge in [-0.25, -0.2) is 18.7 Å². The third kappa shape index (κ3) is 7.29. The molecule has 0 bridgehead atoms. The maximum Gasteiger partial charge on any atom is 0.296 e. The Morgan fingerprint density at radius 3 is 2.53 bits per heavy atom. The number of hydrogen-bond acceptors (Lipinski definition) is 12. The highest BCUT2D eigenvalue weighted by molar-refractivity contribution is 5.64. The first kappa shape index (κ1) is 31.0. The molecular formula is C31H36F2N8O4. The zero-order chi connectivity index (χ0) is 31.4. The van der Waals surface area contributed by atoms with Crippen molar-refractivity contribution in [3.63, 3.8) is 0 Å². The molecule has 3 aromatic rings. The number of aliphatic hydroxyl groups excluding tert-OH is 2. The van der Waals surface area contributed by atoms with Gasteiger partial charge in [-0.1, -0.05) is 0 Å². The van der Waals surface area contributed by atoms with E-state index in [1.807, 2.05) is 18.2 Å². The van der Waals surface area contributed by atoms with Crippen LogP contribution in [0, 0.1) is 11.3 Å². The standard InChI is InChI=1S/C31H36F2N8O4/c32-31(33)19-39(15-26(43)16-42)8-7-28(31)45-27-6-1-21(13-22(27)14-34)29-35-20-36-30(38-29)37-23-2-4-24(5-3-23)40-9-11-41(12-10-40)25-17-44-18-25/h1-6,13,20,25-26,28,42-43H,7-12,15-19H2,(H,35,36,37,38)/t26-,28+/m1/s1. The number of nitrogens with zero attached hydrogens (tertiary/aromatic N) is 7. The van der Waals surface area contributed by atoms with Gasteiger partial charge in [-0.15, -0.1) is 0 Å². The van der Waals surface area contributed by atoms with Crippen LogP contribution in [0.25, 0.3) is 11.4 Å². The van der Waals surface area contributed by atoms with E-state index in [4.69, 9.17) is 14.6 Å². The number of nitriles is 1. The van der Waals surface area contributed by atoms with Gasteiger partial charge < -0.3 is 29.9 Å². The second-order valence-electron chi connectivity index (χ2n) is 11.6. The van der Waals surface area contributed by atoms with Crippen molar-refractivity contribution in [1.82, 2.24) is 24.8 Å². The molecule has 0 amide bonds. The Balaban J connectivity index is 1.08. The van der Waals surface area contributed by atoms with Gasteiger partial charge >= 0.3 is 0 Å². The van der Waals surface area contributed by atoms with E-state index in [1.54, 1.807) is 6.07 Å². The number of aromatic nitrogens is 3. The largest absolute Gasteiger partial charge is 0.483 e.